The van der Waals surface area contributed by atoms with Crippen LogP contribution in [0.25, 0.3) is 0 Å². The minimum atomic E-state index is -0.0922. The highest BCUT2D eigenvalue weighted by molar-refractivity contribution is 5.96. The van der Waals surface area contributed by atoms with Gasteiger partial charge in [0.05, 0.1) is 12.1 Å². The number of carbonyl (C=O) groups excluding carboxylic acids is 1. The van der Waals surface area contributed by atoms with Crippen LogP contribution in [0.5, 0.6) is 0 Å². The molecule has 0 saturated heterocycles. The molecule has 1 aromatic rings. The molecule has 18 heavy (non-hydrogen) atoms. The second kappa shape index (κ2) is 7.49. The molecule has 1 aromatic carbocycles. The minimum Gasteiger partial charge on any atom is -0.396 e. The smallest absolute Gasteiger partial charge is 0.254 e. The Labute approximate surface area is 107 Å². The summed E-state index contributed by atoms with van der Waals surface area (Å²) in [4.78, 5) is 13.8. The lowest BCUT2D eigenvalue weighted by Crippen LogP contribution is -2.28. The molecule has 0 radical (unpaired) electrons. The largest absolute Gasteiger partial charge is 0.396 e. The SMILES string of the molecule is CN(CCCO)C(=O)c1ccccc1C#CCN. The van der Waals surface area contributed by atoms with Crippen molar-refractivity contribution >= 4 is 5.91 Å². The van der Waals surface area contributed by atoms with Crippen molar-refractivity contribution < 1.29 is 9.90 Å². The lowest BCUT2D eigenvalue weighted by atomic mass is 10.1. The molecule has 4 heteroatoms. The summed E-state index contributed by atoms with van der Waals surface area (Å²) in [6.45, 7) is 0.864. The molecule has 0 heterocycles. The van der Waals surface area contributed by atoms with Crippen molar-refractivity contribution in [2.75, 3.05) is 26.7 Å². The summed E-state index contributed by atoms with van der Waals surface area (Å²) in [5.74, 6) is 5.55. The first-order chi connectivity index (χ1) is 8.70. The van der Waals surface area contributed by atoms with Crippen LogP contribution in [0.3, 0.4) is 0 Å². The normalized spacial score (nSPS) is 9.50. The number of rotatable bonds is 4. The fourth-order valence-corrected chi connectivity index (χ4v) is 1.54. The highest BCUT2D eigenvalue weighted by Crippen LogP contribution is 2.10. The molecule has 0 aliphatic carbocycles. The van der Waals surface area contributed by atoms with Crippen LogP contribution in [0.4, 0.5) is 0 Å². The zero-order valence-electron chi connectivity index (χ0n) is 10.5. The Morgan fingerprint density at radius 2 is 2.17 bits per heavy atom. The minimum absolute atomic E-state index is 0.0756. The summed E-state index contributed by atoms with van der Waals surface area (Å²) in [6, 6.07) is 7.19. The van der Waals surface area contributed by atoms with Crippen LogP contribution in [0.2, 0.25) is 0 Å². The van der Waals surface area contributed by atoms with Crippen LogP contribution in [-0.2, 0) is 0 Å². The fourth-order valence-electron chi connectivity index (χ4n) is 1.54. The van der Waals surface area contributed by atoms with E-state index < -0.39 is 0 Å². The molecule has 1 amide bonds. The van der Waals surface area contributed by atoms with Crippen molar-refractivity contribution in [1.29, 1.82) is 0 Å². The summed E-state index contributed by atoms with van der Waals surface area (Å²) in [5, 5.41) is 8.76. The molecule has 0 atom stereocenters. The Morgan fingerprint density at radius 3 is 2.83 bits per heavy atom. The summed E-state index contributed by atoms with van der Waals surface area (Å²) in [7, 11) is 1.71. The number of hydrogen-bond donors (Lipinski definition) is 2. The Balaban J connectivity index is 2.91. The van der Waals surface area contributed by atoms with Crippen molar-refractivity contribution in [2.45, 2.75) is 6.42 Å². The summed E-state index contributed by atoms with van der Waals surface area (Å²) < 4.78 is 0. The maximum atomic E-state index is 12.2. The first kappa shape index (κ1) is 14.2. The van der Waals surface area contributed by atoms with Gasteiger partial charge in [0, 0.05) is 25.8 Å². The average Bonchev–Trinajstić information content (AvgIpc) is 2.42. The Kier molecular flexibility index (Phi) is 5.92. The molecule has 0 unspecified atom stereocenters. The van der Waals surface area contributed by atoms with E-state index in [1.807, 2.05) is 6.07 Å². The number of carbonyl (C=O) groups is 1. The number of hydrogen-bond acceptors (Lipinski definition) is 3. The van der Waals surface area contributed by atoms with Gasteiger partial charge in [0.15, 0.2) is 0 Å². The van der Waals surface area contributed by atoms with Crippen LogP contribution < -0.4 is 5.73 Å². The third-order valence-electron chi connectivity index (χ3n) is 2.48. The van der Waals surface area contributed by atoms with Gasteiger partial charge in [0.25, 0.3) is 5.91 Å². The molecule has 4 nitrogen and oxygen atoms in total. The molecular weight excluding hydrogens is 228 g/mol. The van der Waals surface area contributed by atoms with Crippen LogP contribution in [0.1, 0.15) is 22.3 Å². The van der Waals surface area contributed by atoms with Gasteiger partial charge in [-0.05, 0) is 18.6 Å². The highest BCUT2D eigenvalue weighted by atomic mass is 16.3. The molecule has 0 aliphatic heterocycles. The lowest BCUT2D eigenvalue weighted by molar-refractivity contribution is 0.0786. The van der Waals surface area contributed by atoms with Gasteiger partial charge in [-0.3, -0.25) is 4.79 Å². The van der Waals surface area contributed by atoms with Gasteiger partial charge < -0.3 is 15.7 Å². The van der Waals surface area contributed by atoms with Crippen molar-refractivity contribution in [3.05, 3.63) is 35.4 Å². The van der Waals surface area contributed by atoms with E-state index in [9.17, 15) is 4.79 Å². The van der Waals surface area contributed by atoms with Crippen LogP contribution in [0.15, 0.2) is 24.3 Å². The van der Waals surface area contributed by atoms with Gasteiger partial charge >= 0.3 is 0 Å². The van der Waals surface area contributed by atoms with E-state index >= 15 is 0 Å². The number of nitrogens with zero attached hydrogens (tertiary/aromatic N) is 1. The van der Waals surface area contributed by atoms with E-state index in [0.717, 1.165) is 0 Å². The first-order valence-corrected chi connectivity index (χ1v) is 5.85. The molecule has 0 saturated carbocycles. The van der Waals surface area contributed by atoms with Gasteiger partial charge in [-0.15, -0.1) is 0 Å². The molecule has 0 spiro atoms. The quantitative estimate of drug-likeness (QED) is 0.758. The second-order valence-corrected chi connectivity index (χ2v) is 3.86. The van der Waals surface area contributed by atoms with E-state index in [1.54, 1.807) is 30.1 Å². The van der Waals surface area contributed by atoms with E-state index in [2.05, 4.69) is 11.8 Å². The predicted octanol–water partition coefficient (Wildman–Crippen LogP) is 0.451. The van der Waals surface area contributed by atoms with Gasteiger partial charge in [-0.1, -0.05) is 24.0 Å². The number of amides is 1. The summed E-state index contributed by atoms with van der Waals surface area (Å²) in [5.41, 5.74) is 6.58. The molecule has 96 valence electrons. The van der Waals surface area contributed by atoms with Crippen LogP contribution >= 0.6 is 0 Å². The van der Waals surface area contributed by atoms with E-state index in [0.29, 0.717) is 24.1 Å². The molecule has 0 aliphatic rings. The van der Waals surface area contributed by atoms with Crippen molar-refractivity contribution in [3.8, 4) is 11.8 Å². The van der Waals surface area contributed by atoms with Gasteiger partial charge in [0.1, 0.15) is 0 Å². The number of nitrogens with two attached hydrogens (primary N) is 1. The second-order valence-electron chi connectivity index (χ2n) is 3.86. The fraction of sp³-hybridized carbons (Fsp3) is 0.357. The number of aliphatic hydroxyl groups excluding tert-OH is 1. The number of benzene rings is 1. The molecule has 1 rings (SSSR count). The van der Waals surface area contributed by atoms with Gasteiger partial charge in [-0.2, -0.15) is 0 Å². The standard InChI is InChI=1S/C14H18N2O2/c1-16(10-5-11-17)14(18)13-8-3-2-6-12(13)7-4-9-15/h2-3,6,8,17H,5,9-11,15H2,1H3. The lowest BCUT2D eigenvalue weighted by Gasteiger charge is -2.17. The summed E-state index contributed by atoms with van der Waals surface area (Å²) >= 11 is 0. The zero-order chi connectivity index (χ0) is 13.4. The maximum Gasteiger partial charge on any atom is 0.254 e. The summed E-state index contributed by atoms with van der Waals surface area (Å²) in [6.07, 6.45) is 0.568. The molecule has 0 fully saturated rings. The van der Waals surface area contributed by atoms with Crippen molar-refractivity contribution in [1.82, 2.24) is 4.90 Å². The van der Waals surface area contributed by atoms with Crippen molar-refractivity contribution in [3.63, 3.8) is 0 Å². The Bertz CT molecular complexity index is 460. The predicted molar refractivity (Wildman–Crippen MR) is 71.0 cm³/mol. The average molecular weight is 246 g/mol. The van der Waals surface area contributed by atoms with Gasteiger partial charge in [0.2, 0.25) is 0 Å². The van der Waals surface area contributed by atoms with Crippen LogP contribution in [-0.4, -0.2) is 42.7 Å². The topological polar surface area (TPSA) is 66.6 Å². The van der Waals surface area contributed by atoms with Crippen molar-refractivity contribution in [2.24, 2.45) is 5.73 Å². The van der Waals surface area contributed by atoms with E-state index in [4.69, 9.17) is 10.8 Å². The van der Waals surface area contributed by atoms with Crippen LogP contribution in [0, 0.1) is 11.8 Å². The third-order valence-corrected chi connectivity index (χ3v) is 2.48. The molecule has 0 bridgehead atoms. The molecular formula is C14H18N2O2. The maximum absolute atomic E-state index is 12.2. The van der Waals surface area contributed by atoms with E-state index in [1.165, 1.54) is 0 Å². The monoisotopic (exact) mass is 246 g/mol. The molecule has 3 N–H and O–H groups in total. The highest BCUT2D eigenvalue weighted by Gasteiger charge is 2.13. The first-order valence-electron chi connectivity index (χ1n) is 5.85. The zero-order valence-corrected chi connectivity index (χ0v) is 10.5. The number of aliphatic hydroxyl groups is 1. The molecule has 0 aromatic heterocycles. The Hall–Kier alpha value is -1.83. The van der Waals surface area contributed by atoms with Gasteiger partial charge in [-0.25, -0.2) is 0 Å². The third kappa shape index (κ3) is 3.88. The van der Waals surface area contributed by atoms with E-state index in [-0.39, 0.29) is 19.1 Å². The Morgan fingerprint density at radius 1 is 1.44 bits per heavy atom.